The van der Waals surface area contributed by atoms with Gasteiger partial charge in [-0.05, 0) is 29.8 Å². The molecule has 0 spiro atoms. The minimum Gasteiger partial charge on any atom is -0.361 e. The van der Waals surface area contributed by atoms with E-state index >= 15 is 0 Å². The first kappa shape index (κ1) is 16.1. The van der Waals surface area contributed by atoms with Crippen molar-refractivity contribution < 1.29 is 4.79 Å². The molecule has 0 aliphatic carbocycles. The Morgan fingerprint density at radius 2 is 1.88 bits per heavy atom. The Kier molecular flexibility index (Phi) is 4.23. The van der Waals surface area contributed by atoms with Crippen LogP contribution in [0.3, 0.4) is 0 Å². The van der Waals surface area contributed by atoms with Crippen molar-refractivity contribution >= 4 is 17.7 Å². The van der Waals surface area contributed by atoms with Gasteiger partial charge in [0.15, 0.2) is 0 Å². The van der Waals surface area contributed by atoms with Crippen molar-refractivity contribution in [1.82, 2.24) is 19.9 Å². The van der Waals surface area contributed by atoms with Crippen LogP contribution in [-0.4, -0.2) is 39.0 Å². The fraction of sp³-hybridized carbons (Fsp3) is 0.150. The lowest BCUT2D eigenvalue weighted by molar-refractivity contribution is 0.0763. The molecule has 0 saturated heterocycles. The molecule has 4 rings (SSSR count). The van der Waals surface area contributed by atoms with Gasteiger partial charge in [0, 0.05) is 12.7 Å². The number of fused-ring (bicyclic) bond motifs is 1. The first-order valence-electron chi connectivity index (χ1n) is 8.46. The lowest BCUT2D eigenvalue weighted by Gasteiger charge is -2.33. The van der Waals surface area contributed by atoms with E-state index in [1.165, 1.54) is 5.56 Å². The molecule has 0 fully saturated rings. The van der Waals surface area contributed by atoms with Crippen molar-refractivity contribution in [2.45, 2.75) is 12.7 Å². The molecule has 0 bridgehead atoms. The van der Waals surface area contributed by atoms with Crippen LogP contribution in [0, 0.1) is 0 Å². The lowest BCUT2D eigenvalue weighted by Crippen LogP contribution is -2.45. The van der Waals surface area contributed by atoms with Crippen LogP contribution in [0.5, 0.6) is 0 Å². The van der Waals surface area contributed by atoms with Gasteiger partial charge in [-0.2, -0.15) is 0 Å². The Bertz CT molecular complexity index is 948. The average Bonchev–Trinajstić information content (AvgIpc) is 3.12. The highest BCUT2D eigenvalue weighted by molar-refractivity contribution is 6.01. The van der Waals surface area contributed by atoms with Crippen LogP contribution < -0.4 is 5.32 Å². The number of benzene rings is 2. The summed E-state index contributed by atoms with van der Waals surface area (Å²) in [7, 11) is 1.78. The van der Waals surface area contributed by atoms with Crippen molar-refractivity contribution in [1.29, 1.82) is 0 Å². The molecule has 2 aromatic carbocycles. The van der Waals surface area contributed by atoms with E-state index in [-0.39, 0.29) is 12.1 Å². The molecule has 1 aliphatic rings. The molecule has 2 heterocycles. The maximum atomic E-state index is 12.5. The Labute approximate surface area is 151 Å². The minimum absolute atomic E-state index is 0.00160. The summed E-state index contributed by atoms with van der Waals surface area (Å²) in [6, 6.07) is 17.6. The number of anilines is 1. The van der Waals surface area contributed by atoms with Crippen LogP contribution in [0.2, 0.25) is 0 Å². The van der Waals surface area contributed by atoms with Gasteiger partial charge in [-0.15, -0.1) is 5.10 Å². The van der Waals surface area contributed by atoms with Crippen LogP contribution in [0.15, 0.2) is 66.9 Å². The smallest absolute Gasteiger partial charge is 0.257 e. The first-order valence-corrected chi connectivity index (χ1v) is 8.46. The van der Waals surface area contributed by atoms with E-state index in [4.69, 9.17) is 0 Å². The van der Waals surface area contributed by atoms with Gasteiger partial charge < -0.3 is 10.2 Å². The maximum Gasteiger partial charge on any atom is 0.257 e. The number of nitrogens with zero attached hydrogens (tertiary/aromatic N) is 4. The lowest BCUT2D eigenvalue weighted by atomic mass is 10.1. The standard InChI is InChI=1S/C20H19N5O/c1-24-19(21-18-10-6-5-9-17(18)20(24)26)12-11-16-14-25(23-22-16)13-15-7-3-2-4-8-15/h2-12,14,19,21H,13H2,1H3. The summed E-state index contributed by atoms with van der Waals surface area (Å²) in [5, 5.41) is 11.7. The molecule has 3 aromatic rings. The molecule has 130 valence electrons. The number of hydrogen-bond donors (Lipinski definition) is 1. The highest BCUT2D eigenvalue weighted by Gasteiger charge is 2.26. The fourth-order valence-corrected chi connectivity index (χ4v) is 2.97. The number of likely N-dealkylation sites (N-methyl/N-ethyl adjacent to an activating group) is 1. The third-order valence-electron chi connectivity index (χ3n) is 4.39. The van der Waals surface area contributed by atoms with Gasteiger partial charge in [-0.1, -0.05) is 47.7 Å². The van der Waals surface area contributed by atoms with Crippen molar-refractivity contribution in [3.63, 3.8) is 0 Å². The van der Waals surface area contributed by atoms with Gasteiger partial charge in [0.1, 0.15) is 11.9 Å². The van der Waals surface area contributed by atoms with Crippen LogP contribution in [0.4, 0.5) is 5.69 Å². The van der Waals surface area contributed by atoms with Gasteiger partial charge in [0.25, 0.3) is 5.91 Å². The average molecular weight is 345 g/mol. The van der Waals surface area contributed by atoms with Crippen LogP contribution in [0.1, 0.15) is 21.6 Å². The number of aromatic nitrogens is 3. The molecular weight excluding hydrogens is 326 g/mol. The number of rotatable bonds is 4. The van der Waals surface area contributed by atoms with Crippen molar-refractivity contribution in [2.24, 2.45) is 0 Å². The second kappa shape index (κ2) is 6.84. The van der Waals surface area contributed by atoms with E-state index in [1.807, 2.05) is 60.8 Å². The highest BCUT2D eigenvalue weighted by Crippen LogP contribution is 2.24. The summed E-state index contributed by atoms with van der Waals surface area (Å²) in [6.07, 6.45) is 5.47. The molecule has 1 amide bonds. The van der Waals surface area contributed by atoms with E-state index in [9.17, 15) is 4.79 Å². The molecule has 0 radical (unpaired) electrons. The largest absolute Gasteiger partial charge is 0.361 e. The summed E-state index contributed by atoms with van der Waals surface area (Å²) >= 11 is 0. The number of hydrogen-bond acceptors (Lipinski definition) is 4. The van der Waals surface area contributed by atoms with Gasteiger partial charge in [0.05, 0.1) is 18.3 Å². The van der Waals surface area contributed by atoms with Crippen LogP contribution in [-0.2, 0) is 6.54 Å². The number of amides is 1. The number of nitrogens with one attached hydrogen (secondary N) is 1. The summed E-state index contributed by atoms with van der Waals surface area (Å²) in [5.74, 6) is 0.00160. The third kappa shape index (κ3) is 3.21. The van der Waals surface area contributed by atoms with E-state index in [0.29, 0.717) is 12.1 Å². The number of carbonyl (C=O) groups is 1. The van der Waals surface area contributed by atoms with Gasteiger partial charge in [-0.25, -0.2) is 4.68 Å². The quantitative estimate of drug-likeness (QED) is 0.790. The molecule has 1 aromatic heterocycles. The molecule has 6 nitrogen and oxygen atoms in total. The number of para-hydroxylation sites is 1. The molecule has 26 heavy (non-hydrogen) atoms. The first-order chi connectivity index (χ1) is 12.7. The normalized spacial score (nSPS) is 16.6. The van der Waals surface area contributed by atoms with Crippen molar-refractivity contribution in [3.05, 3.63) is 83.7 Å². The van der Waals surface area contributed by atoms with Gasteiger partial charge in [0.2, 0.25) is 0 Å². The summed E-state index contributed by atoms with van der Waals surface area (Å²) in [4.78, 5) is 14.1. The zero-order valence-electron chi connectivity index (χ0n) is 14.4. The number of carbonyl (C=O) groups excluding carboxylic acids is 1. The summed E-state index contributed by atoms with van der Waals surface area (Å²) < 4.78 is 1.80. The molecule has 1 aliphatic heterocycles. The maximum absolute atomic E-state index is 12.5. The van der Waals surface area contributed by atoms with Crippen molar-refractivity contribution in [3.8, 4) is 0 Å². The predicted octanol–water partition coefficient (Wildman–Crippen LogP) is 2.86. The van der Waals surface area contributed by atoms with Crippen molar-refractivity contribution in [2.75, 3.05) is 12.4 Å². The highest BCUT2D eigenvalue weighted by atomic mass is 16.2. The van der Waals surface area contributed by atoms with Gasteiger partial charge in [-0.3, -0.25) is 4.79 Å². The topological polar surface area (TPSA) is 63.1 Å². The third-order valence-corrected chi connectivity index (χ3v) is 4.39. The molecule has 1 N–H and O–H groups in total. The van der Waals surface area contributed by atoms with Gasteiger partial charge >= 0.3 is 0 Å². The fourth-order valence-electron chi connectivity index (χ4n) is 2.97. The monoisotopic (exact) mass is 345 g/mol. The summed E-state index contributed by atoms with van der Waals surface area (Å²) in [6.45, 7) is 0.676. The van der Waals surface area contributed by atoms with E-state index < -0.39 is 0 Å². The second-order valence-corrected chi connectivity index (χ2v) is 6.24. The Hall–Kier alpha value is -3.41. The predicted molar refractivity (Wildman–Crippen MR) is 101 cm³/mol. The molecule has 6 heteroatoms. The zero-order valence-corrected chi connectivity index (χ0v) is 14.4. The zero-order chi connectivity index (χ0) is 17.9. The van der Waals surface area contributed by atoms with Crippen LogP contribution in [0.25, 0.3) is 6.08 Å². The SMILES string of the molecule is CN1C(=O)c2ccccc2NC1C=Cc1cn(Cc2ccccc2)nn1. The van der Waals surface area contributed by atoms with E-state index in [1.54, 1.807) is 16.6 Å². The van der Waals surface area contributed by atoms with Crippen LogP contribution >= 0.6 is 0 Å². The Balaban J connectivity index is 1.48. The van der Waals surface area contributed by atoms with E-state index in [0.717, 1.165) is 11.4 Å². The Morgan fingerprint density at radius 3 is 2.73 bits per heavy atom. The molecule has 0 saturated carbocycles. The minimum atomic E-state index is -0.225. The molecule has 1 atom stereocenters. The van der Waals surface area contributed by atoms with E-state index in [2.05, 4.69) is 27.8 Å². The second-order valence-electron chi connectivity index (χ2n) is 6.24. The molecular formula is C20H19N5O. The summed E-state index contributed by atoms with van der Waals surface area (Å²) in [5.41, 5.74) is 3.46. The Morgan fingerprint density at radius 1 is 1.12 bits per heavy atom. The molecule has 1 unspecified atom stereocenters.